The highest BCUT2D eigenvalue weighted by molar-refractivity contribution is 7.92. The number of rotatable bonds is 5. The van der Waals surface area contributed by atoms with E-state index in [4.69, 9.17) is 0 Å². The highest BCUT2D eigenvalue weighted by Crippen LogP contribution is 2.26. The number of imidazole rings is 1. The summed E-state index contributed by atoms with van der Waals surface area (Å²) in [6.07, 6.45) is 5.21. The molecule has 2 aromatic rings. The van der Waals surface area contributed by atoms with Crippen molar-refractivity contribution in [2.45, 2.75) is 24.1 Å². The summed E-state index contributed by atoms with van der Waals surface area (Å²) < 4.78 is 25.9. The molecule has 1 N–H and O–H groups in total. The fourth-order valence-corrected chi connectivity index (χ4v) is 5.34. The summed E-state index contributed by atoms with van der Waals surface area (Å²) in [4.78, 5) is 5.56. The average Bonchev–Trinajstić information content (AvgIpc) is 3.14. The van der Waals surface area contributed by atoms with Gasteiger partial charge in [-0.3, -0.25) is 0 Å². The largest absolute Gasteiger partial charge is 0.336 e. The van der Waals surface area contributed by atoms with E-state index < -0.39 is 9.84 Å². The van der Waals surface area contributed by atoms with E-state index in [1.807, 2.05) is 29.3 Å². The number of thiophene rings is 1. The van der Waals surface area contributed by atoms with Gasteiger partial charge in [-0.2, -0.15) is 0 Å². The molecular formula is C14H19N3O2S2. The topological polar surface area (TPSA) is 64.0 Å². The van der Waals surface area contributed by atoms with Crippen molar-refractivity contribution >= 4 is 21.2 Å². The van der Waals surface area contributed by atoms with Gasteiger partial charge in [0.05, 0.1) is 11.0 Å². The Hall–Kier alpha value is -1.18. The average molecular weight is 325 g/mol. The van der Waals surface area contributed by atoms with Crippen LogP contribution in [0.5, 0.6) is 0 Å². The first-order valence-electron chi connectivity index (χ1n) is 7.03. The number of sulfone groups is 1. The number of aromatic nitrogens is 2. The zero-order valence-electron chi connectivity index (χ0n) is 11.9. The van der Waals surface area contributed by atoms with E-state index in [0.717, 1.165) is 23.5 Å². The molecule has 21 heavy (non-hydrogen) atoms. The van der Waals surface area contributed by atoms with Gasteiger partial charge in [-0.25, -0.2) is 13.4 Å². The zero-order chi connectivity index (χ0) is 14.9. The Kier molecular flexibility index (Phi) is 4.14. The molecule has 0 aromatic carbocycles. The molecule has 0 bridgehead atoms. The van der Waals surface area contributed by atoms with E-state index in [1.54, 1.807) is 17.5 Å². The van der Waals surface area contributed by atoms with Crippen molar-refractivity contribution in [2.24, 2.45) is 7.05 Å². The first-order valence-corrected chi connectivity index (χ1v) is 9.63. The molecular weight excluding hydrogens is 306 g/mol. The lowest BCUT2D eigenvalue weighted by Gasteiger charge is -2.19. The molecule has 0 aliphatic carbocycles. The zero-order valence-corrected chi connectivity index (χ0v) is 13.5. The molecule has 0 saturated carbocycles. The maximum Gasteiger partial charge on any atom is 0.154 e. The maximum absolute atomic E-state index is 12.0. The Morgan fingerprint density at radius 3 is 3.00 bits per heavy atom. The number of nitrogens with one attached hydrogen (secondary N) is 1. The first kappa shape index (κ1) is 14.7. The SMILES string of the molecule is Cn1ccnc1C(NCC1CCCS1(=O)=O)c1cccs1. The Labute approximate surface area is 128 Å². The molecule has 1 fully saturated rings. The molecule has 0 radical (unpaired) electrons. The van der Waals surface area contributed by atoms with E-state index in [2.05, 4.69) is 16.4 Å². The summed E-state index contributed by atoms with van der Waals surface area (Å²) in [6.45, 7) is 0.484. The normalized spacial score (nSPS) is 22.4. The van der Waals surface area contributed by atoms with Crippen molar-refractivity contribution in [3.8, 4) is 0 Å². The Morgan fingerprint density at radius 1 is 1.57 bits per heavy atom. The molecule has 1 aliphatic heterocycles. The summed E-state index contributed by atoms with van der Waals surface area (Å²) in [7, 11) is -0.962. The lowest BCUT2D eigenvalue weighted by Crippen LogP contribution is -2.34. The monoisotopic (exact) mass is 325 g/mol. The van der Waals surface area contributed by atoms with E-state index >= 15 is 0 Å². The third-order valence-corrected chi connectivity index (χ3v) is 7.17. The molecule has 2 unspecified atom stereocenters. The molecule has 0 spiro atoms. The van der Waals surface area contributed by atoms with Crippen molar-refractivity contribution in [1.29, 1.82) is 0 Å². The van der Waals surface area contributed by atoms with Crippen molar-refractivity contribution in [1.82, 2.24) is 14.9 Å². The fraction of sp³-hybridized carbons (Fsp3) is 0.500. The van der Waals surface area contributed by atoms with Gasteiger partial charge in [0.1, 0.15) is 11.9 Å². The second kappa shape index (κ2) is 5.90. The van der Waals surface area contributed by atoms with E-state index in [0.29, 0.717) is 12.3 Å². The maximum atomic E-state index is 12.0. The second-order valence-electron chi connectivity index (χ2n) is 5.38. The predicted octanol–water partition coefficient (Wildman–Crippen LogP) is 1.74. The van der Waals surface area contributed by atoms with Crippen LogP contribution < -0.4 is 5.32 Å². The third-order valence-electron chi connectivity index (χ3n) is 3.96. The van der Waals surface area contributed by atoms with E-state index in [1.165, 1.54) is 0 Å². The van der Waals surface area contributed by atoms with Gasteiger partial charge >= 0.3 is 0 Å². The minimum Gasteiger partial charge on any atom is -0.336 e. The summed E-state index contributed by atoms with van der Waals surface area (Å²) in [5.74, 6) is 1.23. The van der Waals surface area contributed by atoms with Gasteiger partial charge in [0, 0.05) is 30.9 Å². The second-order valence-corrected chi connectivity index (χ2v) is 8.76. The van der Waals surface area contributed by atoms with Crippen LogP contribution in [0, 0.1) is 0 Å². The highest BCUT2D eigenvalue weighted by Gasteiger charge is 2.32. The highest BCUT2D eigenvalue weighted by atomic mass is 32.2. The standard InChI is InChI=1S/C14H19N3O2S2/c1-17-7-6-15-14(17)13(12-5-2-8-20-12)16-10-11-4-3-9-21(11,18)19/h2,5-8,11,13,16H,3-4,9-10H2,1H3. The Balaban J connectivity index is 1.79. The van der Waals surface area contributed by atoms with Crippen LogP contribution in [0.4, 0.5) is 0 Å². The van der Waals surface area contributed by atoms with Crippen molar-refractivity contribution < 1.29 is 8.42 Å². The van der Waals surface area contributed by atoms with Gasteiger partial charge in [0.2, 0.25) is 0 Å². The molecule has 0 amide bonds. The van der Waals surface area contributed by atoms with Gasteiger partial charge in [0.25, 0.3) is 0 Å². The fourth-order valence-electron chi connectivity index (χ4n) is 2.77. The van der Waals surface area contributed by atoms with Gasteiger partial charge < -0.3 is 9.88 Å². The number of nitrogens with zero attached hydrogens (tertiary/aromatic N) is 2. The van der Waals surface area contributed by atoms with Crippen LogP contribution in [-0.2, 0) is 16.9 Å². The molecule has 3 rings (SSSR count). The van der Waals surface area contributed by atoms with E-state index in [9.17, 15) is 8.42 Å². The Bertz CT molecular complexity index is 692. The summed E-state index contributed by atoms with van der Waals surface area (Å²) in [5, 5.41) is 5.17. The third kappa shape index (κ3) is 3.04. The van der Waals surface area contributed by atoms with Gasteiger partial charge in [-0.1, -0.05) is 6.07 Å². The van der Waals surface area contributed by atoms with Crippen LogP contribution in [-0.4, -0.2) is 35.5 Å². The molecule has 1 aliphatic rings. The molecule has 3 heterocycles. The first-order chi connectivity index (χ1) is 10.1. The van der Waals surface area contributed by atoms with Gasteiger partial charge in [-0.05, 0) is 24.3 Å². The summed E-state index contributed by atoms with van der Waals surface area (Å²) in [5.41, 5.74) is 0. The summed E-state index contributed by atoms with van der Waals surface area (Å²) in [6, 6.07) is 4.00. The molecule has 114 valence electrons. The number of hydrogen-bond donors (Lipinski definition) is 1. The molecule has 2 aromatic heterocycles. The van der Waals surface area contributed by atoms with Crippen LogP contribution >= 0.6 is 11.3 Å². The molecule has 2 atom stereocenters. The van der Waals surface area contributed by atoms with Crippen molar-refractivity contribution in [2.75, 3.05) is 12.3 Å². The molecule has 7 heteroatoms. The van der Waals surface area contributed by atoms with Crippen LogP contribution in [0.25, 0.3) is 0 Å². The van der Waals surface area contributed by atoms with Gasteiger partial charge in [0.15, 0.2) is 9.84 Å². The smallest absolute Gasteiger partial charge is 0.154 e. The van der Waals surface area contributed by atoms with E-state index in [-0.39, 0.29) is 11.3 Å². The van der Waals surface area contributed by atoms with Crippen molar-refractivity contribution in [3.63, 3.8) is 0 Å². The lowest BCUT2D eigenvalue weighted by molar-refractivity contribution is 0.535. The van der Waals surface area contributed by atoms with Gasteiger partial charge in [-0.15, -0.1) is 11.3 Å². The molecule has 1 saturated heterocycles. The summed E-state index contributed by atoms with van der Waals surface area (Å²) >= 11 is 1.66. The predicted molar refractivity (Wildman–Crippen MR) is 84.2 cm³/mol. The quantitative estimate of drug-likeness (QED) is 0.909. The Morgan fingerprint density at radius 2 is 2.43 bits per heavy atom. The number of hydrogen-bond acceptors (Lipinski definition) is 5. The lowest BCUT2D eigenvalue weighted by atomic mass is 10.2. The van der Waals surface area contributed by atoms with Crippen LogP contribution in [0.3, 0.4) is 0 Å². The van der Waals surface area contributed by atoms with Crippen LogP contribution in [0.1, 0.15) is 29.6 Å². The minimum absolute atomic E-state index is 0.0548. The van der Waals surface area contributed by atoms with Crippen LogP contribution in [0.2, 0.25) is 0 Å². The number of aryl methyl sites for hydroxylation is 1. The van der Waals surface area contributed by atoms with Crippen LogP contribution in [0.15, 0.2) is 29.9 Å². The molecule has 5 nitrogen and oxygen atoms in total. The minimum atomic E-state index is -2.92. The van der Waals surface area contributed by atoms with Crippen molar-refractivity contribution in [3.05, 3.63) is 40.6 Å².